The van der Waals surface area contributed by atoms with E-state index in [1.807, 2.05) is 12.1 Å². The molecule has 0 unspecified atom stereocenters. The van der Waals surface area contributed by atoms with E-state index < -0.39 is 26.7 Å². The van der Waals surface area contributed by atoms with E-state index in [1.165, 1.54) is 6.07 Å². The molecule has 150 valence electrons. The number of fused-ring (bicyclic) bond motifs is 2. The molecule has 1 aliphatic heterocycles. The van der Waals surface area contributed by atoms with Crippen molar-refractivity contribution in [3.63, 3.8) is 0 Å². The van der Waals surface area contributed by atoms with Gasteiger partial charge in [-0.2, -0.15) is 13.2 Å². The fourth-order valence-electron chi connectivity index (χ4n) is 3.97. The zero-order valence-electron chi connectivity index (χ0n) is 15.1. The normalized spacial score (nSPS) is 18.1. The lowest BCUT2D eigenvalue weighted by Crippen LogP contribution is -2.39. The number of anilines is 1. The maximum Gasteiger partial charge on any atom is 0.418 e. The molecule has 2 aliphatic rings. The first-order valence-electron chi connectivity index (χ1n) is 8.70. The van der Waals surface area contributed by atoms with Crippen molar-refractivity contribution < 1.29 is 26.3 Å². The molecule has 4 rings (SSSR count). The van der Waals surface area contributed by atoms with Crippen molar-refractivity contribution in [3.8, 4) is 5.75 Å². The summed E-state index contributed by atoms with van der Waals surface area (Å²) in [5, 5.41) is 5.02. The van der Waals surface area contributed by atoms with Crippen LogP contribution in [-0.4, -0.2) is 22.1 Å². The number of benzene rings is 2. The van der Waals surface area contributed by atoms with Crippen molar-refractivity contribution in [3.05, 3.63) is 53.1 Å². The monoisotopic (exact) mass is 412 g/mol. The quantitative estimate of drug-likeness (QED) is 0.839. The van der Waals surface area contributed by atoms with E-state index in [-0.39, 0.29) is 11.1 Å². The highest BCUT2D eigenvalue weighted by molar-refractivity contribution is 7.89. The van der Waals surface area contributed by atoms with Crippen LogP contribution in [0.1, 0.15) is 29.5 Å². The van der Waals surface area contributed by atoms with Gasteiger partial charge in [-0.05, 0) is 54.3 Å². The second-order valence-electron chi connectivity index (χ2n) is 7.38. The van der Waals surface area contributed by atoms with E-state index >= 15 is 0 Å². The summed E-state index contributed by atoms with van der Waals surface area (Å²) in [7, 11) is -2.65. The van der Waals surface area contributed by atoms with Gasteiger partial charge in [-0.1, -0.05) is 6.07 Å². The largest absolute Gasteiger partial charge is 0.497 e. The number of methoxy groups -OCH3 is 1. The van der Waals surface area contributed by atoms with Gasteiger partial charge < -0.3 is 9.64 Å². The first-order valence-corrected chi connectivity index (χ1v) is 10.2. The lowest BCUT2D eigenvalue weighted by atomic mass is 9.86. The molecule has 0 radical (unpaired) electrons. The number of rotatable bonds is 3. The predicted octanol–water partition coefficient (Wildman–Crippen LogP) is 3.41. The molecule has 1 fully saturated rings. The minimum Gasteiger partial charge on any atom is -0.497 e. The zero-order valence-corrected chi connectivity index (χ0v) is 15.9. The Balaban J connectivity index is 1.80. The summed E-state index contributed by atoms with van der Waals surface area (Å²) in [6, 6.07) is 8.60. The Morgan fingerprint density at radius 2 is 1.86 bits per heavy atom. The van der Waals surface area contributed by atoms with Gasteiger partial charge >= 0.3 is 6.18 Å². The van der Waals surface area contributed by atoms with Crippen molar-refractivity contribution >= 4 is 15.7 Å². The highest BCUT2D eigenvalue weighted by atomic mass is 32.2. The van der Waals surface area contributed by atoms with Crippen LogP contribution in [0.3, 0.4) is 0 Å². The van der Waals surface area contributed by atoms with Gasteiger partial charge in [-0.25, -0.2) is 13.6 Å². The highest BCUT2D eigenvalue weighted by Crippen LogP contribution is 2.54. The molecule has 5 nitrogen and oxygen atoms in total. The minimum atomic E-state index is -4.70. The first kappa shape index (κ1) is 19.1. The average molecular weight is 412 g/mol. The van der Waals surface area contributed by atoms with Crippen molar-refractivity contribution in [2.75, 3.05) is 18.6 Å². The fraction of sp³-hybridized carbons (Fsp3) is 0.368. The SMILES string of the molecule is COc1ccc2c(c1)C1(CC1)CN(c1ccc(S(N)(=O)=O)cc1C(F)(F)F)C2. The Bertz CT molecular complexity index is 1050. The van der Waals surface area contributed by atoms with Crippen LogP contribution in [0, 0.1) is 0 Å². The number of hydrogen-bond acceptors (Lipinski definition) is 4. The minimum absolute atomic E-state index is 0.0346. The van der Waals surface area contributed by atoms with E-state index in [0.717, 1.165) is 35.8 Å². The van der Waals surface area contributed by atoms with E-state index in [4.69, 9.17) is 9.88 Å². The van der Waals surface area contributed by atoms with Gasteiger partial charge in [0.15, 0.2) is 0 Å². The molecular weight excluding hydrogens is 393 g/mol. The second kappa shape index (κ2) is 6.12. The van der Waals surface area contributed by atoms with Crippen molar-refractivity contribution in [2.45, 2.75) is 35.9 Å². The molecule has 2 aromatic rings. The van der Waals surface area contributed by atoms with Crippen LogP contribution in [-0.2, 0) is 28.2 Å². The standard InChI is InChI=1S/C19H19F3N2O3S/c1-27-13-3-2-12-10-24(11-18(6-7-18)15(12)8-13)17-5-4-14(28(23,25)26)9-16(17)19(20,21)22/h2-5,8-9H,6-7,10-11H2,1H3,(H2,23,25,26). The van der Waals surface area contributed by atoms with Gasteiger partial charge in [0.05, 0.1) is 17.6 Å². The third kappa shape index (κ3) is 3.22. The molecule has 0 aromatic heterocycles. The van der Waals surface area contributed by atoms with E-state index in [2.05, 4.69) is 0 Å². The summed E-state index contributed by atoms with van der Waals surface area (Å²) in [5.74, 6) is 0.729. The van der Waals surface area contributed by atoms with E-state index in [9.17, 15) is 21.6 Å². The third-order valence-corrected chi connectivity index (χ3v) is 6.45. The predicted molar refractivity (Wildman–Crippen MR) is 97.8 cm³/mol. The molecule has 0 atom stereocenters. The summed E-state index contributed by atoms with van der Waals surface area (Å²) in [6.07, 6.45) is -2.92. The van der Waals surface area contributed by atoms with Crippen LogP contribution in [0.2, 0.25) is 0 Å². The van der Waals surface area contributed by atoms with Gasteiger partial charge in [0.2, 0.25) is 10.0 Å². The molecule has 2 aromatic carbocycles. The molecule has 0 bridgehead atoms. The van der Waals surface area contributed by atoms with Crippen molar-refractivity contribution in [1.82, 2.24) is 0 Å². The number of hydrogen-bond donors (Lipinski definition) is 1. The maximum absolute atomic E-state index is 13.7. The van der Waals surface area contributed by atoms with Crippen LogP contribution in [0.5, 0.6) is 5.75 Å². The Morgan fingerprint density at radius 1 is 1.14 bits per heavy atom. The molecule has 1 saturated carbocycles. The van der Waals surface area contributed by atoms with Crippen LogP contribution < -0.4 is 14.8 Å². The Hall–Kier alpha value is -2.26. The number of sulfonamides is 1. The number of nitrogens with two attached hydrogens (primary N) is 1. The highest BCUT2D eigenvalue weighted by Gasteiger charge is 2.50. The van der Waals surface area contributed by atoms with Crippen LogP contribution in [0.4, 0.5) is 18.9 Å². The van der Waals surface area contributed by atoms with Crippen molar-refractivity contribution in [2.24, 2.45) is 5.14 Å². The number of nitrogens with zero attached hydrogens (tertiary/aromatic N) is 1. The van der Waals surface area contributed by atoms with Crippen molar-refractivity contribution in [1.29, 1.82) is 0 Å². The summed E-state index contributed by atoms with van der Waals surface area (Å²) in [6.45, 7) is 0.740. The van der Waals surface area contributed by atoms with Crippen LogP contribution in [0.25, 0.3) is 0 Å². The number of primary sulfonamides is 1. The summed E-state index contributed by atoms with van der Waals surface area (Å²) < 4.78 is 69.4. The number of alkyl halides is 3. The molecule has 0 amide bonds. The fourth-order valence-corrected chi connectivity index (χ4v) is 4.51. The maximum atomic E-state index is 13.7. The topological polar surface area (TPSA) is 72.6 Å². The lowest BCUT2D eigenvalue weighted by molar-refractivity contribution is -0.137. The van der Waals surface area contributed by atoms with Crippen LogP contribution >= 0.6 is 0 Å². The Morgan fingerprint density at radius 3 is 2.43 bits per heavy atom. The van der Waals surface area contributed by atoms with Gasteiger partial charge in [0.25, 0.3) is 0 Å². The Labute approximate surface area is 161 Å². The zero-order chi connectivity index (χ0) is 20.3. The number of halogens is 3. The molecular formula is C19H19F3N2O3S. The number of ether oxygens (including phenoxy) is 1. The molecule has 1 aliphatic carbocycles. The lowest BCUT2D eigenvalue weighted by Gasteiger charge is -2.38. The summed E-state index contributed by atoms with van der Waals surface area (Å²) >= 11 is 0. The van der Waals surface area contributed by atoms with Crippen LogP contribution in [0.15, 0.2) is 41.3 Å². The van der Waals surface area contributed by atoms with E-state index in [1.54, 1.807) is 18.1 Å². The second-order valence-corrected chi connectivity index (χ2v) is 8.94. The molecule has 9 heteroatoms. The third-order valence-electron chi connectivity index (χ3n) is 5.54. The van der Waals surface area contributed by atoms with E-state index in [0.29, 0.717) is 19.2 Å². The summed E-state index contributed by atoms with van der Waals surface area (Å²) in [5.41, 5.74) is 0.856. The molecule has 1 heterocycles. The van der Waals surface area contributed by atoms with Gasteiger partial charge in [0, 0.05) is 24.2 Å². The van der Waals surface area contributed by atoms with Gasteiger partial charge in [-0.3, -0.25) is 0 Å². The molecule has 28 heavy (non-hydrogen) atoms. The smallest absolute Gasteiger partial charge is 0.418 e. The molecule has 1 spiro atoms. The molecule has 0 saturated heterocycles. The summed E-state index contributed by atoms with van der Waals surface area (Å²) in [4.78, 5) is 1.13. The first-order chi connectivity index (χ1) is 13.0. The Kier molecular flexibility index (Phi) is 4.17. The van der Waals surface area contributed by atoms with Gasteiger partial charge in [-0.15, -0.1) is 0 Å². The molecule has 2 N–H and O–H groups in total. The van der Waals surface area contributed by atoms with Gasteiger partial charge in [0.1, 0.15) is 5.75 Å². The average Bonchev–Trinajstić information content (AvgIpc) is 3.39.